The van der Waals surface area contributed by atoms with Crippen molar-refractivity contribution in [3.05, 3.63) is 58.7 Å². The Morgan fingerprint density at radius 2 is 1.82 bits per heavy atom. The van der Waals surface area contributed by atoms with Crippen molar-refractivity contribution in [3.63, 3.8) is 0 Å². The predicted molar refractivity (Wildman–Crippen MR) is 116 cm³/mol. The van der Waals surface area contributed by atoms with Crippen molar-refractivity contribution < 1.29 is 44.8 Å². The van der Waals surface area contributed by atoms with Crippen LogP contribution in [0.15, 0.2) is 36.4 Å². The molecule has 2 heterocycles. The number of hydrogen-bond donors (Lipinski definition) is 6. The van der Waals surface area contributed by atoms with Crippen molar-refractivity contribution in [2.75, 3.05) is 19.8 Å². The minimum atomic E-state index is -2.53. The van der Waals surface area contributed by atoms with E-state index in [-0.39, 0.29) is 17.4 Å². The zero-order valence-corrected chi connectivity index (χ0v) is 18.3. The average molecular weight is 462 g/mol. The second kappa shape index (κ2) is 9.55. The lowest BCUT2D eigenvalue weighted by molar-refractivity contribution is -0.358. The summed E-state index contributed by atoms with van der Waals surface area (Å²) in [6.45, 7) is 2.38. The van der Waals surface area contributed by atoms with Gasteiger partial charge in [-0.2, -0.15) is 0 Å². The lowest BCUT2D eigenvalue weighted by atomic mass is 9.86. The molecule has 2 saturated heterocycles. The Labute approximate surface area is 191 Å². The quantitative estimate of drug-likeness (QED) is 0.351. The van der Waals surface area contributed by atoms with Gasteiger partial charge in [-0.3, -0.25) is 0 Å². The fourth-order valence-corrected chi connectivity index (χ4v) is 4.30. The molecular formula is C24H30O9. The van der Waals surface area contributed by atoms with Crippen LogP contribution in [-0.4, -0.2) is 81.0 Å². The summed E-state index contributed by atoms with van der Waals surface area (Å²) in [5, 5.41) is 61.7. The van der Waals surface area contributed by atoms with E-state index < -0.39 is 36.8 Å². The summed E-state index contributed by atoms with van der Waals surface area (Å²) in [6, 6.07) is 10.5. The maximum absolute atomic E-state index is 11.1. The number of aryl methyl sites for hydroxylation is 1. The number of hydrogen-bond acceptors (Lipinski definition) is 9. The van der Waals surface area contributed by atoms with Gasteiger partial charge in [0.1, 0.15) is 42.0 Å². The molecule has 0 spiro atoms. The molecule has 180 valence electrons. The number of benzene rings is 2. The van der Waals surface area contributed by atoms with Crippen LogP contribution in [0, 0.1) is 6.92 Å². The Balaban J connectivity index is 1.58. The minimum absolute atomic E-state index is 0.0528. The van der Waals surface area contributed by atoms with Gasteiger partial charge < -0.3 is 44.8 Å². The first-order chi connectivity index (χ1) is 15.7. The number of aromatic hydroxyl groups is 1. The van der Waals surface area contributed by atoms with E-state index in [0.717, 1.165) is 28.9 Å². The molecule has 6 N–H and O–H groups in total. The standard InChI is InChI=1S/C24H30O9/c1-13-8-19(26)18(24(30)23(29)22(28)21(27)20(11-25)33-24)10-15(13)9-14-2-4-16(5-3-14)32-17-6-7-31-12-17/h2-5,8,10,17,20-23,25-30H,6-7,9,11-12H2,1H3/t17?,20-,21-,22+,23-,24+/m1/s1. The van der Waals surface area contributed by atoms with Gasteiger partial charge in [-0.15, -0.1) is 0 Å². The summed E-state index contributed by atoms with van der Waals surface area (Å²) < 4.78 is 16.6. The smallest absolute Gasteiger partial charge is 0.226 e. The zero-order valence-electron chi connectivity index (χ0n) is 18.3. The molecule has 0 aromatic heterocycles. The summed E-state index contributed by atoms with van der Waals surface area (Å²) in [5.74, 6) is -2.13. The molecule has 2 aromatic carbocycles. The van der Waals surface area contributed by atoms with E-state index in [1.54, 1.807) is 6.92 Å². The second-order valence-electron chi connectivity index (χ2n) is 8.68. The fraction of sp³-hybridized carbons (Fsp3) is 0.500. The molecule has 6 atom stereocenters. The van der Waals surface area contributed by atoms with E-state index in [1.807, 2.05) is 24.3 Å². The largest absolute Gasteiger partial charge is 0.507 e. The van der Waals surface area contributed by atoms with Gasteiger partial charge in [-0.1, -0.05) is 12.1 Å². The third-order valence-corrected chi connectivity index (χ3v) is 6.31. The molecule has 2 aliphatic rings. The van der Waals surface area contributed by atoms with Crippen LogP contribution in [-0.2, 0) is 21.7 Å². The predicted octanol–water partition coefficient (Wildman–Crippen LogP) is 0.0780. The summed E-state index contributed by atoms with van der Waals surface area (Å²) in [6.07, 6.45) is -5.33. The normalized spacial score (nSPS) is 32.1. The van der Waals surface area contributed by atoms with Gasteiger partial charge >= 0.3 is 0 Å². The molecule has 33 heavy (non-hydrogen) atoms. The lowest BCUT2D eigenvalue weighted by Crippen LogP contribution is -2.63. The van der Waals surface area contributed by atoms with E-state index in [2.05, 4.69) is 0 Å². The van der Waals surface area contributed by atoms with Crippen molar-refractivity contribution >= 4 is 0 Å². The summed E-state index contributed by atoms with van der Waals surface area (Å²) in [7, 11) is 0. The van der Waals surface area contributed by atoms with Crippen LogP contribution in [0.1, 0.15) is 28.7 Å². The molecule has 0 saturated carbocycles. The van der Waals surface area contributed by atoms with Gasteiger partial charge in [0.25, 0.3) is 0 Å². The van der Waals surface area contributed by atoms with Crippen LogP contribution in [0.5, 0.6) is 11.5 Å². The van der Waals surface area contributed by atoms with Crippen molar-refractivity contribution in [2.45, 2.75) is 56.1 Å². The molecule has 0 amide bonds. The number of phenols is 1. The Kier molecular flexibility index (Phi) is 6.92. The molecule has 2 fully saturated rings. The second-order valence-corrected chi connectivity index (χ2v) is 8.68. The molecule has 2 aromatic rings. The monoisotopic (exact) mass is 462 g/mol. The van der Waals surface area contributed by atoms with Gasteiger partial charge in [0, 0.05) is 6.42 Å². The van der Waals surface area contributed by atoms with Crippen molar-refractivity contribution in [2.24, 2.45) is 0 Å². The zero-order chi connectivity index (χ0) is 23.8. The molecule has 9 nitrogen and oxygen atoms in total. The van der Waals surface area contributed by atoms with Crippen molar-refractivity contribution in [3.8, 4) is 11.5 Å². The highest BCUT2D eigenvalue weighted by Gasteiger charge is 2.54. The Hall–Kier alpha value is -2.24. The van der Waals surface area contributed by atoms with E-state index in [4.69, 9.17) is 14.2 Å². The average Bonchev–Trinajstić information content (AvgIpc) is 3.31. The molecule has 9 heteroatoms. The topological polar surface area (TPSA) is 149 Å². The molecule has 0 bridgehead atoms. The van der Waals surface area contributed by atoms with Gasteiger partial charge in [0.05, 0.1) is 25.4 Å². The van der Waals surface area contributed by atoms with Crippen LogP contribution in [0.25, 0.3) is 0 Å². The SMILES string of the molecule is Cc1cc(O)c([C@]2(O)O[C@H](CO)[C@@H](O)[C@H](O)[C@H]2O)cc1Cc1ccc(OC2CCOC2)cc1. The van der Waals surface area contributed by atoms with Gasteiger partial charge in [0.15, 0.2) is 0 Å². The molecule has 1 unspecified atom stereocenters. The van der Waals surface area contributed by atoms with Crippen LogP contribution in [0.4, 0.5) is 0 Å². The number of rotatable bonds is 6. The highest BCUT2D eigenvalue weighted by molar-refractivity contribution is 5.46. The third-order valence-electron chi connectivity index (χ3n) is 6.31. The van der Waals surface area contributed by atoms with Crippen LogP contribution in [0.3, 0.4) is 0 Å². The number of aliphatic hydroxyl groups excluding tert-OH is 4. The van der Waals surface area contributed by atoms with Crippen LogP contribution in [0.2, 0.25) is 0 Å². The lowest BCUT2D eigenvalue weighted by Gasteiger charge is -2.45. The molecule has 2 aliphatic heterocycles. The molecular weight excluding hydrogens is 432 g/mol. The Morgan fingerprint density at radius 3 is 2.45 bits per heavy atom. The van der Waals surface area contributed by atoms with E-state index in [9.17, 15) is 30.6 Å². The minimum Gasteiger partial charge on any atom is -0.507 e. The number of phenolic OH excluding ortho intramolecular Hbond substituents is 1. The van der Waals surface area contributed by atoms with Crippen LogP contribution >= 0.6 is 0 Å². The first kappa shape index (κ1) is 23.9. The summed E-state index contributed by atoms with van der Waals surface area (Å²) in [4.78, 5) is 0. The van der Waals surface area contributed by atoms with Crippen molar-refractivity contribution in [1.82, 2.24) is 0 Å². The Morgan fingerprint density at radius 1 is 1.09 bits per heavy atom. The molecule has 0 radical (unpaired) electrons. The number of aliphatic hydroxyl groups is 5. The number of ether oxygens (including phenoxy) is 3. The maximum atomic E-state index is 11.1. The highest BCUT2D eigenvalue weighted by Crippen LogP contribution is 2.41. The maximum Gasteiger partial charge on any atom is 0.226 e. The summed E-state index contributed by atoms with van der Waals surface area (Å²) in [5.41, 5.74) is 2.27. The summed E-state index contributed by atoms with van der Waals surface area (Å²) >= 11 is 0. The van der Waals surface area contributed by atoms with Gasteiger partial charge in [-0.05, 0) is 54.3 Å². The van der Waals surface area contributed by atoms with Crippen molar-refractivity contribution in [1.29, 1.82) is 0 Å². The van der Waals surface area contributed by atoms with Crippen LogP contribution < -0.4 is 4.74 Å². The first-order valence-corrected chi connectivity index (χ1v) is 10.9. The Bertz CT molecular complexity index is 955. The molecule has 0 aliphatic carbocycles. The first-order valence-electron chi connectivity index (χ1n) is 10.9. The van der Waals surface area contributed by atoms with E-state index in [0.29, 0.717) is 19.6 Å². The third kappa shape index (κ3) is 4.71. The molecule has 4 rings (SSSR count). The van der Waals surface area contributed by atoms with E-state index in [1.165, 1.54) is 12.1 Å². The van der Waals surface area contributed by atoms with E-state index >= 15 is 0 Å². The highest BCUT2D eigenvalue weighted by atomic mass is 16.7. The van der Waals surface area contributed by atoms with Gasteiger partial charge in [0.2, 0.25) is 5.79 Å². The van der Waals surface area contributed by atoms with Gasteiger partial charge in [-0.25, -0.2) is 0 Å². The fourth-order valence-electron chi connectivity index (χ4n) is 4.30.